The second-order valence-electron chi connectivity index (χ2n) is 3.65. The van der Waals surface area contributed by atoms with E-state index in [1.165, 1.54) is 17.4 Å². The van der Waals surface area contributed by atoms with Crippen molar-refractivity contribution in [2.75, 3.05) is 5.32 Å². The van der Waals surface area contributed by atoms with Crippen LogP contribution in [0.1, 0.15) is 18.5 Å². The molecule has 1 atom stereocenters. The Bertz CT molecular complexity index is 509. The zero-order valence-electron chi connectivity index (χ0n) is 9.01. The number of benzene rings is 1. The Balaban J connectivity index is 2.21. The summed E-state index contributed by atoms with van der Waals surface area (Å²) in [6.45, 7) is 1.97. The Morgan fingerprint density at radius 3 is 2.82 bits per heavy atom. The molecule has 90 valence electrons. The fourth-order valence-corrected chi connectivity index (χ4v) is 2.93. The lowest BCUT2D eigenvalue weighted by molar-refractivity contribution is 0.626. The smallest absolute Gasteiger partial charge is 0.147 e. The van der Waals surface area contributed by atoms with Gasteiger partial charge >= 0.3 is 0 Å². The fraction of sp³-hybridized carbons (Fsp3) is 0.167. The lowest BCUT2D eigenvalue weighted by Crippen LogP contribution is -2.07. The number of halogens is 3. The van der Waals surface area contributed by atoms with Gasteiger partial charge in [0.1, 0.15) is 5.82 Å². The molecule has 0 radical (unpaired) electrons. The van der Waals surface area contributed by atoms with Crippen LogP contribution in [0.5, 0.6) is 0 Å². The van der Waals surface area contributed by atoms with Crippen LogP contribution in [0.15, 0.2) is 34.1 Å². The van der Waals surface area contributed by atoms with E-state index >= 15 is 0 Å². The van der Waals surface area contributed by atoms with Crippen LogP contribution in [0, 0.1) is 5.82 Å². The second kappa shape index (κ2) is 5.38. The van der Waals surface area contributed by atoms with Crippen molar-refractivity contribution >= 4 is 44.6 Å². The third-order valence-corrected chi connectivity index (χ3v) is 4.18. The summed E-state index contributed by atoms with van der Waals surface area (Å²) >= 11 is 10.7. The molecule has 0 aliphatic carbocycles. The summed E-state index contributed by atoms with van der Waals surface area (Å²) in [6.07, 6.45) is 0. The summed E-state index contributed by atoms with van der Waals surface area (Å²) in [5, 5.41) is 5.10. The SMILES string of the molecule is CC(Nc1c(F)cccc1Br)c1csc(Cl)c1. The van der Waals surface area contributed by atoms with Crippen molar-refractivity contribution in [3.63, 3.8) is 0 Å². The van der Waals surface area contributed by atoms with Gasteiger partial charge in [0, 0.05) is 10.5 Å². The molecule has 0 amide bonds. The first-order valence-electron chi connectivity index (χ1n) is 5.02. The molecule has 1 aromatic heterocycles. The Morgan fingerprint density at radius 2 is 2.24 bits per heavy atom. The molecule has 0 aliphatic rings. The average Bonchev–Trinajstić information content (AvgIpc) is 2.70. The normalized spacial score (nSPS) is 12.5. The molecule has 0 spiro atoms. The first-order chi connectivity index (χ1) is 8.08. The highest BCUT2D eigenvalue weighted by atomic mass is 79.9. The van der Waals surface area contributed by atoms with Gasteiger partial charge in [-0.3, -0.25) is 0 Å². The van der Waals surface area contributed by atoms with Gasteiger partial charge in [-0.1, -0.05) is 17.7 Å². The van der Waals surface area contributed by atoms with Gasteiger partial charge < -0.3 is 5.32 Å². The molecule has 0 fully saturated rings. The van der Waals surface area contributed by atoms with Crippen molar-refractivity contribution in [3.05, 3.63) is 49.8 Å². The van der Waals surface area contributed by atoms with Gasteiger partial charge in [-0.2, -0.15) is 0 Å². The molecule has 17 heavy (non-hydrogen) atoms. The van der Waals surface area contributed by atoms with Crippen LogP contribution in [-0.4, -0.2) is 0 Å². The fourth-order valence-electron chi connectivity index (χ4n) is 1.49. The minimum absolute atomic E-state index is 0.00644. The highest BCUT2D eigenvalue weighted by Gasteiger charge is 2.12. The van der Waals surface area contributed by atoms with Crippen LogP contribution < -0.4 is 5.32 Å². The summed E-state index contributed by atoms with van der Waals surface area (Å²) < 4.78 is 15.1. The predicted molar refractivity (Wildman–Crippen MR) is 75.5 cm³/mol. The first kappa shape index (κ1) is 12.9. The number of rotatable bonds is 3. The second-order valence-corrected chi connectivity index (χ2v) is 6.04. The first-order valence-corrected chi connectivity index (χ1v) is 7.07. The van der Waals surface area contributed by atoms with E-state index in [9.17, 15) is 4.39 Å². The van der Waals surface area contributed by atoms with Crippen molar-refractivity contribution in [2.24, 2.45) is 0 Å². The Morgan fingerprint density at radius 1 is 1.47 bits per heavy atom. The van der Waals surface area contributed by atoms with E-state index in [1.54, 1.807) is 12.1 Å². The molecule has 5 heteroatoms. The number of para-hydroxylation sites is 1. The minimum Gasteiger partial charge on any atom is -0.375 e. The summed E-state index contributed by atoms with van der Waals surface area (Å²) in [4.78, 5) is 0. The average molecular weight is 335 g/mol. The number of thiophene rings is 1. The quantitative estimate of drug-likeness (QED) is 0.784. The van der Waals surface area contributed by atoms with Crippen LogP contribution in [0.2, 0.25) is 4.34 Å². The lowest BCUT2D eigenvalue weighted by Gasteiger charge is -2.16. The number of hydrogen-bond donors (Lipinski definition) is 1. The maximum Gasteiger partial charge on any atom is 0.147 e. The zero-order chi connectivity index (χ0) is 12.4. The molecule has 2 rings (SSSR count). The molecule has 0 aliphatic heterocycles. The van der Waals surface area contributed by atoms with Crippen LogP contribution in [0.3, 0.4) is 0 Å². The number of nitrogens with one attached hydrogen (secondary N) is 1. The zero-order valence-corrected chi connectivity index (χ0v) is 12.2. The van der Waals surface area contributed by atoms with Crippen LogP contribution in [-0.2, 0) is 0 Å². The van der Waals surface area contributed by atoms with E-state index in [-0.39, 0.29) is 11.9 Å². The highest BCUT2D eigenvalue weighted by molar-refractivity contribution is 9.10. The van der Waals surface area contributed by atoms with E-state index in [4.69, 9.17) is 11.6 Å². The van der Waals surface area contributed by atoms with Crippen molar-refractivity contribution in [2.45, 2.75) is 13.0 Å². The molecule has 1 aromatic carbocycles. The summed E-state index contributed by atoms with van der Waals surface area (Å²) in [7, 11) is 0. The monoisotopic (exact) mass is 333 g/mol. The van der Waals surface area contributed by atoms with Gasteiger partial charge in [0.05, 0.1) is 10.0 Å². The van der Waals surface area contributed by atoms with Crippen molar-refractivity contribution < 1.29 is 4.39 Å². The van der Waals surface area contributed by atoms with Crippen LogP contribution in [0.4, 0.5) is 10.1 Å². The predicted octanol–water partition coefficient (Wildman–Crippen LogP) is 5.48. The molecule has 1 N–H and O–H groups in total. The van der Waals surface area contributed by atoms with E-state index in [0.717, 1.165) is 9.90 Å². The molecule has 1 unspecified atom stereocenters. The molecule has 1 nitrogen and oxygen atoms in total. The van der Waals surface area contributed by atoms with E-state index in [0.29, 0.717) is 10.2 Å². The van der Waals surface area contributed by atoms with Gasteiger partial charge in [0.25, 0.3) is 0 Å². The summed E-state index contributed by atoms with van der Waals surface area (Å²) in [5.74, 6) is -0.271. The van der Waals surface area contributed by atoms with Crippen molar-refractivity contribution in [1.82, 2.24) is 0 Å². The maximum atomic E-state index is 13.6. The maximum absolute atomic E-state index is 13.6. The summed E-state index contributed by atoms with van der Waals surface area (Å²) in [5.41, 5.74) is 1.53. The third kappa shape index (κ3) is 3.00. The van der Waals surface area contributed by atoms with Gasteiger partial charge in [-0.25, -0.2) is 4.39 Å². The van der Waals surface area contributed by atoms with Crippen LogP contribution >= 0.6 is 38.9 Å². The van der Waals surface area contributed by atoms with Gasteiger partial charge in [-0.15, -0.1) is 11.3 Å². The number of anilines is 1. The van der Waals surface area contributed by atoms with Crippen LogP contribution in [0.25, 0.3) is 0 Å². The van der Waals surface area contributed by atoms with Gasteiger partial charge in [0.2, 0.25) is 0 Å². The van der Waals surface area contributed by atoms with Gasteiger partial charge in [0.15, 0.2) is 0 Å². The standard InChI is InChI=1S/C12H10BrClFNS/c1-7(8-5-11(14)17-6-8)16-12-9(13)3-2-4-10(12)15/h2-7,16H,1H3. The largest absolute Gasteiger partial charge is 0.375 e. The Labute approximate surface area is 117 Å². The minimum atomic E-state index is -0.271. The third-order valence-electron chi connectivity index (χ3n) is 2.41. The van der Waals surface area contributed by atoms with E-state index in [1.807, 2.05) is 18.4 Å². The molecule has 2 aromatic rings. The molecule has 0 bridgehead atoms. The highest BCUT2D eigenvalue weighted by Crippen LogP contribution is 2.31. The summed E-state index contributed by atoms with van der Waals surface area (Å²) in [6, 6.07) is 6.79. The van der Waals surface area contributed by atoms with Crippen molar-refractivity contribution in [3.8, 4) is 0 Å². The Kier molecular flexibility index (Phi) is 4.07. The Hall–Kier alpha value is -0.580. The van der Waals surface area contributed by atoms with Crippen molar-refractivity contribution in [1.29, 1.82) is 0 Å². The lowest BCUT2D eigenvalue weighted by atomic mass is 10.1. The number of hydrogen-bond acceptors (Lipinski definition) is 2. The molecule has 1 heterocycles. The topological polar surface area (TPSA) is 12.0 Å². The van der Waals surface area contributed by atoms with Gasteiger partial charge in [-0.05, 0) is 52.0 Å². The van der Waals surface area contributed by atoms with E-state index in [2.05, 4.69) is 21.2 Å². The molecule has 0 saturated heterocycles. The molecular formula is C12H10BrClFNS. The molecule has 0 saturated carbocycles. The van der Waals surface area contributed by atoms with E-state index < -0.39 is 0 Å². The molecular weight excluding hydrogens is 325 g/mol.